The summed E-state index contributed by atoms with van der Waals surface area (Å²) in [6.07, 6.45) is 0. The van der Waals surface area contributed by atoms with Gasteiger partial charge in [-0.05, 0) is 12.1 Å². The van der Waals surface area contributed by atoms with Gasteiger partial charge >= 0.3 is 0 Å². The molecule has 2 heteroatoms. The van der Waals surface area contributed by atoms with E-state index >= 15 is 0 Å². The van der Waals surface area contributed by atoms with Crippen molar-refractivity contribution in [3.63, 3.8) is 0 Å². The third-order valence-electron chi connectivity index (χ3n) is 1.20. The number of anilines is 1. The van der Waals surface area contributed by atoms with Crippen LogP contribution in [0.25, 0.3) is 0 Å². The van der Waals surface area contributed by atoms with Crippen LogP contribution in [0.2, 0.25) is 0 Å². The first kappa shape index (κ1) is 7.42. The molecule has 1 nitrogen and oxygen atoms in total. The van der Waals surface area contributed by atoms with E-state index in [-0.39, 0.29) is 0 Å². The minimum atomic E-state index is 0.648. The van der Waals surface area contributed by atoms with Crippen LogP contribution in [-0.4, -0.2) is 12.4 Å². The van der Waals surface area contributed by atoms with Crippen molar-refractivity contribution >= 4 is 17.3 Å². The Bertz CT molecular complexity index is 174. The molecule has 0 radical (unpaired) electrons. The monoisotopic (exact) mass is 155 g/mol. The van der Waals surface area contributed by atoms with Gasteiger partial charge in [0.05, 0.1) is 0 Å². The number of para-hydroxylation sites is 1. The Labute approximate surface area is 66.0 Å². The molecule has 0 unspecified atom stereocenters. The second kappa shape index (κ2) is 4.18. The van der Waals surface area contributed by atoms with E-state index in [0.717, 1.165) is 12.2 Å². The van der Waals surface area contributed by atoms with E-state index < -0.39 is 0 Å². The van der Waals surface area contributed by atoms with Gasteiger partial charge in [-0.2, -0.15) is 0 Å². The van der Waals surface area contributed by atoms with Gasteiger partial charge in [0, 0.05) is 18.1 Å². The van der Waals surface area contributed by atoms with Crippen molar-refractivity contribution in [2.24, 2.45) is 0 Å². The van der Waals surface area contributed by atoms with Crippen molar-refractivity contribution < 1.29 is 0 Å². The number of benzene rings is 1. The molecule has 0 aromatic heterocycles. The highest BCUT2D eigenvalue weighted by atomic mass is 35.5. The summed E-state index contributed by atoms with van der Waals surface area (Å²) in [6.45, 7) is 0.825. The quantitative estimate of drug-likeness (QED) is 0.661. The van der Waals surface area contributed by atoms with Gasteiger partial charge in [0.25, 0.3) is 0 Å². The summed E-state index contributed by atoms with van der Waals surface area (Å²) in [5.41, 5.74) is 1.13. The number of halogens is 1. The number of nitrogens with one attached hydrogen (secondary N) is 1. The van der Waals surface area contributed by atoms with Gasteiger partial charge in [-0.3, -0.25) is 0 Å². The predicted octanol–water partition coefficient (Wildman–Crippen LogP) is 2.34. The molecule has 0 atom stereocenters. The van der Waals surface area contributed by atoms with Gasteiger partial charge < -0.3 is 5.32 Å². The summed E-state index contributed by atoms with van der Waals surface area (Å²) in [6, 6.07) is 10.0. The van der Waals surface area contributed by atoms with Crippen LogP contribution in [0.5, 0.6) is 0 Å². The predicted molar refractivity (Wildman–Crippen MR) is 45.7 cm³/mol. The maximum absolute atomic E-state index is 5.49. The van der Waals surface area contributed by atoms with Crippen molar-refractivity contribution in [2.45, 2.75) is 0 Å². The lowest BCUT2D eigenvalue weighted by Gasteiger charge is -2.01. The van der Waals surface area contributed by atoms with E-state index in [0.29, 0.717) is 5.88 Å². The normalized spacial score (nSPS) is 9.30. The second-order valence-electron chi connectivity index (χ2n) is 1.98. The lowest BCUT2D eigenvalue weighted by Crippen LogP contribution is -2.01. The molecule has 10 heavy (non-hydrogen) atoms. The van der Waals surface area contributed by atoms with E-state index in [1.165, 1.54) is 0 Å². The number of rotatable bonds is 3. The molecule has 0 saturated heterocycles. The van der Waals surface area contributed by atoms with Crippen LogP contribution < -0.4 is 5.32 Å². The maximum Gasteiger partial charge on any atom is 0.0396 e. The van der Waals surface area contributed by atoms with Crippen LogP contribution in [0.3, 0.4) is 0 Å². The molecule has 1 aromatic carbocycles. The van der Waals surface area contributed by atoms with Gasteiger partial charge in [-0.25, -0.2) is 0 Å². The van der Waals surface area contributed by atoms with Gasteiger partial charge in [0.2, 0.25) is 0 Å². The smallest absolute Gasteiger partial charge is 0.0396 e. The molecule has 0 aliphatic carbocycles. The Morgan fingerprint density at radius 1 is 1.20 bits per heavy atom. The van der Waals surface area contributed by atoms with E-state index in [1.54, 1.807) is 0 Å². The van der Waals surface area contributed by atoms with E-state index in [9.17, 15) is 0 Å². The summed E-state index contributed by atoms with van der Waals surface area (Å²) >= 11 is 5.49. The molecule has 0 fully saturated rings. The van der Waals surface area contributed by atoms with Gasteiger partial charge in [-0.15, -0.1) is 11.6 Å². The molecule has 0 amide bonds. The number of hydrogen-bond acceptors (Lipinski definition) is 1. The average molecular weight is 156 g/mol. The molecular formula is C8H10ClN. The first-order valence-corrected chi connectivity index (χ1v) is 3.82. The first-order chi connectivity index (χ1) is 4.93. The fourth-order valence-corrected chi connectivity index (χ4v) is 0.842. The topological polar surface area (TPSA) is 12.0 Å². The Morgan fingerprint density at radius 2 is 1.90 bits per heavy atom. The standard InChI is InChI=1S/C8H10ClN/c9-6-7-10-8-4-2-1-3-5-8/h1-5,10H,6-7H2. The Morgan fingerprint density at radius 3 is 2.50 bits per heavy atom. The highest BCUT2D eigenvalue weighted by Crippen LogP contribution is 2.03. The van der Waals surface area contributed by atoms with Crippen molar-refractivity contribution in [3.05, 3.63) is 30.3 Å². The summed E-state index contributed by atoms with van der Waals surface area (Å²) in [5.74, 6) is 0.648. The largest absolute Gasteiger partial charge is 0.384 e. The number of alkyl halides is 1. The molecule has 0 saturated carbocycles. The van der Waals surface area contributed by atoms with Crippen LogP contribution in [0.4, 0.5) is 5.69 Å². The zero-order chi connectivity index (χ0) is 7.23. The lowest BCUT2D eigenvalue weighted by atomic mass is 10.3. The zero-order valence-corrected chi connectivity index (χ0v) is 6.43. The fraction of sp³-hybridized carbons (Fsp3) is 0.250. The Kier molecular flexibility index (Phi) is 3.10. The summed E-state index contributed by atoms with van der Waals surface area (Å²) in [4.78, 5) is 0. The molecule has 0 heterocycles. The van der Waals surface area contributed by atoms with Crippen LogP contribution >= 0.6 is 11.6 Å². The van der Waals surface area contributed by atoms with Crippen molar-refractivity contribution in [3.8, 4) is 0 Å². The van der Waals surface area contributed by atoms with E-state index in [2.05, 4.69) is 5.32 Å². The summed E-state index contributed by atoms with van der Waals surface area (Å²) in [5, 5.41) is 3.16. The van der Waals surface area contributed by atoms with Gasteiger partial charge in [0.15, 0.2) is 0 Å². The molecule has 0 aliphatic rings. The fourth-order valence-electron chi connectivity index (χ4n) is 0.748. The molecule has 0 aliphatic heterocycles. The van der Waals surface area contributed by atoms with Crippen molar-refractivity contribution in [1.29, 1.82) is 0 Å². The van der Waals surface area contributed by atoms with Crippen LogP contribution in [0.1, 0.15) is 0 Å². The van der Waals surface area contributed by atoms with Crippen LogP contribution in [-0.2, 0) is 0 Å². The van der Waals surface area contributed by atoms with E-state index in [1.807, 2.05) is 30.3 Å². The Hall–Kier alpha value is -0.690. The minimum absolute atomic E-state index is 0.648. The molecule has 54 valence electrons. The highest BCUT2D eigenvalue weighted by Gasteiger charge is 1.84. The second-order valence-corrected chi connectivity index (χ2v) is 2.36. The zero-order valence-electron chi connectivity index (χ0n) is 5.68. The minimum Gasteiger partial charge on any atom is -0.384 e. The third-order valence-corrected chi connectivity index (χ3v) is 1.39. The molecular weight excluding hydrogens is 146 g/mol. The van der Waals surface area contributed by atoms with Crippen LogP contribution in [0, 0.1) is 0 Å². The van der Waals surface area contributed by atoms with E-state index in [4.69, 9.17) is 11.6 Å². The van der Waals surface area contributed by atoms with Crippen molar-refractivity contribution in [2.75, 3.05) is 17.7 Å². The van der Waals surface area contributed by atoms with Gasteiger partial charge in [0.1, 0.15) is 0 Å². The lowest BCUT2D eigenvalue weighted by molar-refractivity contribution is 1.22. The molecule has 1 rings (SSSR count). The van der Waals surface area contributed by atoms with Crippen LogP contribution in [0.15, 0.2) is 30.3 Å². The molecule has 0 spiro atoms. The SMILES string of the molecule is ClCCNc1ccccc1. The summed E-state index contributed by atoms with van der Waals surface area (Å²) in [7, 11) is 0. The first-order valence-electron chi connectivity index (χ1n) is 3.28. The molecule has 0 bridgehead atoms. The molecule has 1 N–H and O–H groups in total. The number of hydrogen-bond donors (Lipinski definition) is 1. The molecule has 1 aromatic rings. The summed E-state index contributed by atoms with van der Waals surface area (Å²) < 4.78 is 0. The van der Waals surface area contributed by atoms with Gasteiger partial charge in [-0.1, -0.05) is 18.2 Å². The third kappa shape index (κ3) is 2.28. The maximum atomic E-state index is 5.49. The highest BCUT2D eigenvalue weighted by molar-refractivity contribution is 6.18. The average Bonchev–Trinajstić information content (AvgIpc) is 2.03. The Balaban J connectivity index is 2.43. The van der Waals surface area contributed by atoms with Crippen molar-refractivity contribution in [1.82, 2.24) is 0 Å².